The number of aryl methyl sites for hydroxylation is 1. The first kappa shape index (κ1) is 18.7. The summed E-state index contributed by atoms with van der Waals surface area (Å²) < 4.78 is 10.3. The molecule has 0 unspecified atom stereocenters. The molecule has 0 spiro atoms. The summed E-state index contributed by atoms with van der Waals surface area (Å²) in [5.41, 5.74) is 0.886. The quantitative estimate of drug-likeness (QED) is 0.827. The number of halogens is 1. The highest BCUT2D eigenvalue weighted by molar-refractivity contribution is 6.30. The summed E-state index contributed by atoms with van der Waals surface area (Å²) in [6, 6.07) is 5.42. The van der Waals surface area contributed by atoms with Gasteiger partial charge in [-0.3, -0.25) is 4.79 Å². The Balaban J connectivity index is 2.09. The lowest BCUT2D eigenvalue weighted by Crippen LogP contribution is -2.57. The van der Waals surface area contributed by atoms with Crippen molar-refractivity contribution in [3.8, 4) is 0 Å². The number of rotatable bonds is 5. The van der Waals surface area contributed by atoms with Crippen molar-refractivity contribution in [2.45, 2.75) is 50.7 Å². The van der Waals surface area contributed by atoms with Crippen molar-refractivity contribution in [1.29, 1.82) is 0 Å². The minimum atomic E-state index is -0.957. The molecule has 2 rings (SSSR count). The zero-order valence-corrected chi connectivity index (χ0v) is 15.1. The summed E-state index contributed by atoms with van der Waals surface area (Å²) >= 11 is 5.95. The van der Waals surface area contributed by atoms with E-state index in [-0.39, 0.29) is 18.4 Å². The van der Waals surface area contributed by atoms with E-state index in [1.807, 2.05) is 19.1 Å². The number of carbonyl (C=O) groups excluding carboxylic acids is 2. The smallest absolute Gasteiger partial charge is 0.331 e. The molecule has 132 valence electrons. The second kappa shape index (κ2) is 7.99. The molecule has 0 radical (unpaired) electrons. The molecule has 0 saturated heterocycles. The van der Waals surface area contributed by atoms with E-state index in [1.165, 1.54) is 7.11 Å². The molecule has 6 heteroatoms. The molecule has 1 aliphatic rings. The molecular formula is C18H24ClNO4. The van der Waals surface area contributed by atoms with E-state index in [0.29, 0.717) is 30.7 Å². The van der Waals surface area contributed by atoms with Crippen molar-refractivity contribution >= 4 is 23.5 Å². The Morgan fingerprint density at radius 1 is 1.29 bits per heavy atom. The van der Waals surface area contributed by atoms with Crippen LogP contribution in [0.2, 0.25) is 5.02 Å². The van der Waals surface area contributed by atoms with E-state index in [0.717, 1.165) is 11.1 Å². The van der Waals surface area contributed by atoms with Crippen LogP contribution in [0.25, 0.3) is 0 Å². The number of ether oxygens (including phenoxy) is 2. The fraction of sp³-hybridized carbons (Fsp3) is 0.556. The van der Waals surface area contributed by atoms with E-state index in [4.69, 9.17) is 21.1 Å². The highest BCUT2D eigenvalue weighted by Gasteiger charge is 2.44. The van der Waals surface area contributed by atoms with Crippen LogP contribution < -0.4 is 5.32 Å². The highest BCUT2D eigenvalue weighted by atomic mass is 35.5. The molecule has 5 nitrogen and oxygen atoms in total. The highest BCUT2D eigenvalue weighted by Crippen LogP contribution is 2.31. The average Bonchev–Trinajstić information content (AvgIpc) is 2.57. The van der Waals surface area contributed by atoms with Crippen molar-refractivity contribution in [2.24, 2.45) is 0 Å². The van der Waals surface area contributed by atoms with Crippen LogP contribution >= 0.6 is 11.6 Å². The van der Waals surface area contributed by atoms with Crippen LogP contribution in [0.1, 0.15) is 36.8 Å². The standard InChI is InChI=1S/C18H24ClNO4/c1-12-10-14(19)5-4-13(12)11-16(21)20-18(17(22)24-3)8-6-15(23-2)7-9-18/h4-5,10,15H,6-9,11H2,1-3H3,(H,20,21). The molecule has 1 amide bonds. The number of nitrogens with one attached hydrogen (secondary N) is 1. The summed E-state index contributed by atoms with van der Waals surface area (Å²) in [7, 11) is 3.01. The first-order valence-electron chi connectivity index (χ1n) is 8.07. The molecule has 1 aromatic rings. The van der Waals surface area contributed by atoms with Gasteiger partial charge in [-0.15, -0.1) is 0 Å². The number of hydrogen-bond acceptors (Lipinski definition) is 4. The van der Waals surface area contributed by atoms with E-state index >= 15 is 0 Å². The Morgan fingerprint density at radius 3 is 2.50 bits per heavy atom. The maximum Gasteiger partial charge on any atom is 0.331 e. The van der Waals surface area contributed by atoms with Crippen LogP contribution in [-0.4, -0.2) is 37.7 Å². The summed E-state index contributed by atoms with van der Waals surface area (Å²) in [4.78, 5) is 24.8. The molecule has 0 aromatic heterocycles. The van der Waals surface area contributed by atoms with Crippen LogP contribution in [0.5, 0.6) is 0 Å². The molecular weight excluding hydrogens is 330 g/mol. The monoisotopic (exact) mass is 353 g/mol. The molecule has 24 heavy (non-hydrogen) atoms. The average molecular weight is 354 g/mol. The normalized spacial score (nSPS) is 23.6. The minimum Gasteiger partial charge on any atom is -0.467 e. The minimum absolute atomic E-state index is 0.123. The maximum atomic E-state index is 12.5. The lowest BCUT2D eigenvalue weighted by atomic mass is 9.80. The number of esters is 1. The molecule has 1 aliphatic carbocycles. The van der Waals surface area contributed by atoms with Gasteiger partial charge in [-0.1, -0.05) is 17.7 Å². The van der Waals surface area contributed by atoms with Gasteiger partial charge >= 0.3 is 5.97 Å². The summed E-state index contributed by atoms with van der Waals surface area (Å²) in [6.45, 7) is 1.91. The largest absolute Gasteiger partial charge is 0.467 e. The lowest BCUT2D eigenvalue weighted by Gasteiger charge is -2.38. The van der Waals surface area contributed by atoms with Gasteiger partial charge in [-0.2, -0.15) is 0 Å². The third kappa shape index (κ3) is 4.28. The van der Waals surface area contributed by atoms with Crippen molar-refractivity contribution in [1.82, 2.24) is 5.32 Å². The molecule has 0 atom stereocenters. The van der Waals surface area contributed by atoms with Crippen LogP contribution in [0.4, 0.5) is 0 Å². The van der Waals surface area contributed by atoms with Crippen molar-refractivity contribution in [3.05, 3.63) is 34.3 Å². The summed E-state index contributed by atoms with van der Waals surface area (Å²) in [6.07, 6.45) is 2.79. The second-order valence-corrected chi connectivity index (χ2v) is 6.74. The molecule has 1 fully saturated rings. The van der Waals surface area contributed by atoms with Crippen LogP contribution in [-0.2, 0) is 25.5 Å². The maximum absolute atomic E-state index is 12.5. The number of benzene rings is 1. The van der Waals surface area contributed by atoms with Crippen molar-refractivity contribution in [3.63, 3.8) is 0 Å². The Bertz CT molecular complexity index is 609. The Hall–Kier alpha value is -1.59. The first-order chi connectivity index (χ1) is 11.4. The molecule has 0 aliphatic heterocycles. The lowest BCUT2D eigenvalue weighted by molar-refractivity contribution is -0.153. The van der Waals surface area contributed by atoms with Crippen LogP contribution in [0.15, 0.2) is 18.2 Å². The molecule has 0 heterocycles. The van der Waals surface area contributed by atoms with Crippen molar-refractivity contribution < 1.29 is 19.1 Å². The van der Waals surface area contributed by atoms with E-state index < -0.39 is 11.5 Å². The van der Waals surface area contributed by atoms with Gasteiger partial charge < -0.3 is 14.8 Å². The van der Waals surface area contributed by atoms with E-state index in [2.05, 4.69) is 5.32 Å². The molecule has 1 aromatic carbocycles. The first-order valence-corrected chi connectivity index (χ1v) is 8.45. The fourth-order valence-electron chi connectivity index (χ4n) is 3.24. The van der Waals surface area contributed by atoms with E-state index in [9.17, 15) is 9.59 Å². The topological polar surface area (TPSA) is 64.6 Å². The zero-order chi connectivity index (χ0) is 17.7. The fourth-order valence-corrected chi connectivity index (χ4v) is 3.46. The van der Waals surface area contributed by atoms with Crippen LogP contribution in [0.3, 0.4) is 0 Å². The van der Waals surface area contributed by atoms with Gasteiger partial charge in [0, 0.05) is 12.1 Å². The van der Waals surface area contributed by atoms with Gasteiger partial charge in [0.15, 0.2) is 0 Å². The third-order valence-corrected chi connectivity index (χ3v) is 4.97. The SMILES string of the molecule is COC(=O)C1(NC(=O)Cc2ccc(Cl)cc2C)CCC(OC)CC1. The predicted molar refractivity (Wildman–Crippen MR) is 92.0 cm³/mol. The van der Waals surface area contributed by atoms with Gasteiger partial charge in [0.2, 0.25) is 5.91 Å². The Labute approximate surface area is 147 Å². The molecule has 1 N–H and O–H groups in total. The van der Waals surface area contributed by atoms with Crippen molar-refractivity contribution in [2.75, 3.05) is 14.2 Å². The third-order valence-electron chi connectivity index (χ3n) is 4.73. The summed E-state index contributed by atoms with van der Waals surface area (Å²) in [5.74, 6) is -0.583. The Kier molecular flexibility index (Phi) is 6.24. The predicted octanol–water partition coefficient (Wildman–Crippen LogP) is 2.81. The van der Waals surface area contributed by atoms with Gasteiger partial charge in [0.1, 0.15) is 5.54 Å². The van der Waals surface area contributed by atoms with Gasteiger partial charge in [0.05, 0.1) is 19.6 Å². The molecule has 1 saturated carbocycles. The Morgan fingerprint density at radius 2 is 1.96 bits per heavy atom. The number of hydrogen-bond donors (Lipinski definition) is 1. The van der Waals surface area contributed by atoms with E-state index in [1.54, 1.807) is 13.2 Å². The van der Waals surface area contributed by atoms with Crippen LogP contribution in [0, 0.1) is 6.92 Å². The van der Waals surface area contributed by atoms with Gasteiger partial charge in [-0.25, -0.2) is 4.79 Å². The zero-order valence-electron chi connectivity index (χ0n) is 14.4. The van der Waals surface area contributed by atoms with Gasteiger partial charge in [-0.05, 0) is 55.9 Å². The molecule has 0 bridgehead atoms. The number of methoxy groups -OCH3 is 2. The number of carbonyl (C=O) groups is 2. The second-order valence-electron chi connectivity index (χ2n) is 6.30. The van der Waals surface area contributed by atoms with Gasteiger partial charge in [0.25, 0.3) is 0 Å². The summed E-state index contributed by atoms with van der Waals surface area (Å²) in [5, 5.41) is 3.56. The number of amides is 1.